The first-order chi connectivity index (χ1) is 13.2. The minimum atomic E-state index is -3.08. The van der Waals surface area contributed by atoms with Crippen LogP contribution in [0.1, 0.15) is 33.6 Å². The highest BCUT2D eigenvalue weighted by atomic mass is 32.2. The van der Waals surface area contributed by atoms with Gasteiger partial charge in [-0.2, -0.15) is 0 Å². The Labute approximate surface area is 171 Å². The maximum Gasteiger partial charge on any atom is 0.261 e. The average molecular weight is 422 g/mol. The number of hydrogen-bond donors (Lipinski definition) is 0. The molecule has 2 heterocycles. The summed E-state index contributed by atoms with van der Waals surface area (Å²) in [5.74, 6) is 0.729. The second-order valence-electron chi connectivity index (χ2n) is 7.62. The number of thiophene rings is 1. The number of sulfone groups is 1. The molecule has 1 aromatic heterocycles. The fourth-order valence-electron chi connectivity index (χ4n) is 3.77. The molecule has 152 valence electrons. The molecule has 0 aliphatic carbocycles. The molecule has 7 heteroatoms. The van der Waals surface area contributed by atoms with E-state index in [-0.39, 0.29) is 30.1 Å². The Kier molecular flexibility index (Phi) is 6.15. The van der Waals surface area contributed by atoms with E-state index in [9.17, 15) is 13.2 Å². The Bertz CT molecular complexity index is 955. The topological polar surface area (TPSA) is 63.7 Å². The highest BCUT2D eigenvalue weighted by Crippen LogP contribution is 2.26. The standard InChI is InChI=1S/C21H27NO4S2/c1-14-9-16(3)21(17(4)10-14)26-12-20(23)22(11-19-15(2)5-7-27-19)18-6-8-28(24,25)13-18/h5,7,9-10,18H,6,8,11-13H2,1-4H3/t18-/m1/s1. The molecule has 5 nitrogen and oxygen atoms in total. The van der Waals surface area contributed by atoms with Crippen molar-refractivity contribution in [2.24, 2.45) is 0 Å². The van der Waals surface area contributed by atoms with E-state index in [0.717, 1.165) is 32.9 Å². The molecule has 1 aliphatic rings. The third-order valence-electron chi connectivity index (χ3n) is 5.20. The maximum absolute atomic E-state index is 13.1. The number of aryl methyl sites for hydroxylation is 4. The van der Waals surface area contributed by atoms with Crippen molar-refractivity contribution in [3.05, 3.63) is 50.7 Å². The van der Waals surface area contributed by atoms with Gasteiger partial charge in [0.25, 0.3) is 5.91 Å². The molecule has 0 unspecified atom stereocenters. The highest BCUT2D eigenvalue weighted by Gasteiger charge is 2.35. The van der Waals surface area contributed by atoms with E-state index in [1.807, 2.05) is 51.3 Å². The summed E-state index contributed by atoms with van der Waals surface area (Å²) in [7, 11) is -3.08. The summed E-state index contributed by atoms with van der Waals surface area (Å²) in [6.07, 6.45) is 0.487. The number of benzene rings is 1. The van der Waals surface area contributed by atoms with Gasteiger partial charge in [-0.25, -0.2) is 8.42 Å². The van der Waals surface area contributed by atoms with Crippen LogP contribution in [0.3, 0.4) is 0 Å². The van der Waals surface area contributed by atoms with Crippen LogP contribution in [-0.4, -0.2) is 43.4 Å². The summed E-state index contributed by atoms with van der Waals surface area (Å²) < 4.78 is 29.8. The monoisotopic (exact) mass is 421 g/mol. The quantitative estimate of drug-likeness (QED) is 0.715. The second-order valence-corrected chi connectivity index (χ2v) is 10.9. The lowest BCUT2D eigenvalue weighted by atomic mass is 10.1. The molecule has 1 saturated heterocycles. The molecule has 28 heavy (non-hydrogen) atoms. The van der Waals surface area contributed by atoms with Crippen molar-refractivity contribution in [2.45, 2.75) is 46.7 Å². The minimum Gasteiger partial charge on any atom is -0.483 e. The van der Waals surface area contributed by atoms with Gasteiger partial charge in [0, 0.05) is 10.9 Å². The van der Waals surface area contributed by atoms with Crippen LogP contribution in [0.25, 0.3) is 0 Å². The van der Waals surface area contributed by atoms with Crippen LogP contribution >= 0.6 is 11.3 Å². The summed E-state index contributed by atoms with van der Waals surface area (Å²) in [6.45, 7) is 8.31. The lowest BCUT2D eigenvalue weighted by Crippen LogP contribution is -2.43. The van der Waals surface area contributed by atoms with Crippen LogP contribution in [0, 0.1) is 27.7 Å². The number of ether oxygens (including phenoxy) is 1. The van der Waals surface area contributed by atoms with Gasteiger partial charge in [0.1, 0.15) is 5.75 Å². The Hall–Kier alpha value is -1.86. The molecule has 2 aromatic rings. The van der Waals surface area contributed by atoms with Crippen molar-refractivity contribution in [3.63, 3.8) is 0 Å². The molecule has 0 N–H and O–H groups in total. The number of carbonyl (C=O) groups excluding carboxylic acids is 1. The number of hydrogen-bond acceptors (Lipinski definition) is 5. The number of rotatable bonds is 6. The Morgan fingerprint density at radius 1 is 1.18 bits per heavy atom. The SMILES string of the molecule is Cc1cc(C)c(OCC(=O)N(Cc2sccc2C)[C@@H]2CCS(=O)(=O)C2)c(C)c1. The van der Waals surface area contributed by atoms with Crippen molar-refractivity contribution in [1.82, 2.24) is 4.90 Å². The van der Waals surface area contributed by atoms with Crippen LogP contribution in [0.15, 0.2) is 23.6 Å². The smallest absolute Gasteiger partial charge is 0.261 e. The summed E-state index contributed by atoms with van der Waals surface area (Å²) >= 11 is 1.59. The Morgan fingerprint density at radius 2 is 1.86 bits per heavy atom. The van der Waals surface area contributed by atoms with E-state index in [1.165, 1.54) is 0 Å². The van der Waals surface area contributed by atoms with Crippen molar-refractivity contribution in [1.29, 1.82) is 0 Å². The van der Waals surface area contributed by atoms with Gasteiger partial charge >= 0.3 is 0 Å². The summed E-state index contributed by atoms with van der Waals surface area (Å²) in [5, 5.41) is 1.99. The van der Waals surface area contributed by atoms with Gasteiger partial charge in [0.15, 0.2) is 16.4 Å². The molecule has 1 aliphatic heterocycles. The Balaban J connectivity index is 1.78. The Morgan fingerprint density at radius 3 is 2.39 bits per heavy atom. The van der Waals surface area contributed by atoms with Gasteiger partial charge in [-0.1, -0.05) is 17.7 Å². The van der Waals surface area contributed by atoms with E-state index in [0.29, 0.717) is 13.0 Å². The van der Waals surface area contributed by atoms with E-state index >= 15 is 0 Å². The molecule has 1 fully saturated rings. The maximum atomic E-state index is 13.1. The fraction of sp³-hybridized carbons (Fsp3) is 0.476. The number of amides is 1. The predicted octanol–water partition coefficient (Wildman–Crippen LogP) is 3.58. The van der Waals surface area contributed by atoms with Gasteiger partial charge in [0.05, 0.1) is 18.1 Å². The molecule has 0 saturated carbocycles. The van der Waals surface area contributed by atoms with Crippen LogP contribution in [0.4, 0.5) is 0 Å². The fourth-order valence-corrected chi connectivity index (χ4v) is 6.41. The summed E-state index contributed by atoms with van der Waals surface area (Å²) in [5.41, 5.74) is 4.26. The molecular formula is C21H27NO4S2. The molecule has 0 bridgehead atoms. The van der Waals surface area contributed by atoms with Crippen LogP contribution in [0.2, 0.25) is 0 Å². The van der Waals surface area contributed by atoms with Crippen LogP contribution in [0.5, 0.6) is 5.75 Å². The van der Waals surface area contributed by atoms with Crippen molar-refractivity contribution in [3.8, 4) is 5.75 Å². The van der Waals surface area contributed by atoms with Crippen molar-refractivity contribution >= 4 is 27.1 Å². The minimum absolute atomic E-state index is 0.0335. The first kappa shape index (κ1) is 20.9. The third kappa shape index (κ3) is 4.75. The first-order valence-electron chi connectivity index (χ1n) is 9.40. The molecule has 3 rings (SSSR count). The van der Waals surface area contributed by atoms with Gasteiger partial charge in [-0.15, -0.1) is 11.3 Å². The molecule has 0 radical (unpaired) electrons. The number of nitrogens with zero attached hydrogens (tertiary/aromatic N) is 1. The first-order valence-corrected chi connectivity index (χ1v) is 12.1. The third-order valence-corrected chi connectivity index (χ3v) is 7.95. The summed E-state index contributed by atoms with van der Waals surface area (Å²) in [4.78, 5) is 15.8. The molecular weight excluding hydrogens is 394 g/mol. The van der Waals surface area contributed by atoms with Gasteiger partial charge in [0.2, 0.25) is 0 Å². The molecule has 1 aromatic carbocycles. The second kappa shape index (κ2) is 8.25. The molecule has 0 spiro atoms. The van der Waals surface area contributed by atoms with E-state index in [1.54, 1.807) is 16.2 Å². The number of carbonyl (C=O) groups is 1. The zero-order valence-corrected chi connectivity index (χ0v) is 18.5. The van der Waals surface area contributed by atoms with Gasteiger partial charge in [-0.3, -0.25) is 4.79 Å². The normalized spacial score (nSPS) is 18.2. The molecule has 1 atom stereocenters. The molecule has 1 amide bonds. The van der Waals surface area contributed by atoms with Gasteiger partial charge < -0.3 is 9.64 Å². The van der Waals surface area contributed by atoms with Gasteiger partial charge in [-0.05, 0) is 62.3 Å². The predicted molar refractivity (Wildman–Crippen MR) is 113 cm³/mol. The van der Waals surface area contributed by atoms with Crippen molar-refractivity contribution < 1.29 is 17.9 Å². The zero-order valence-electron chi connectivity index (χ0n) is 16.8. The summed E-state index contributed by atoms with van der Waals surface area (Å²) in [6, 6.07) is 5.79. The van der Waals surface area contributed by atoms with E-state index in [4.69, 9.17) is 4.74 Å². The van der Waals surface area contributed by atoms with E-state index < -0.39 is 9.84 Å². The highest BCUT2D eigenvalue weighted by molar-refractivity contribution is 7.91. The zero-order chi connectivity index (χ0) is 20.5. The largest absolute Gasteiger partial charge is 0.483 e. The van der Waals surface area contributed by atoms with Crippen molar-refractivity contribution in [2.75, 3.05) is 18.1 Å². The lowest BCUT2D eigenvalue weighted by molar-refractivity contribution is -0.135. The van der Waals surface area contributed by atoms with Crippen LogP contribution in [-0.2, 0) is 21.2 Å². The average Bonchev–Trinajstić information content (AvgIpc) is 3.16. The van der Waals surface area contributed by atoms with E-state index in [2.05, 4.69) is 0 Å². The lowest BCUT2D eigenvalue weighted by Gasteiger charge is -2.28. The van der Waals surface area contributed by atoms with Crippen LogP contribution < -0.4 is 4.74 Å².